The van der Waals surface area contributed by atoms with Crippen LogP contribution >= 0.6 is 0 Å². The molecule has 1 aliphatic carbocycles. The van der Waals surface area contributed by atoms with Gasteiger partial charge in [0.25, 0.3) is 0 Å². The minimum atomic E-state index is -0.0877. The number of benzene rings is 6. The van der Waals surface area contributed by atoms with Crippen LogP contribution in [0.15, 0.2) is 127 Å². The Kier molecular flexibility index (Phi) is 5.17. The second-order valence-electron chi connectivity index (χ2n) is 11.3. The minimum Gasteiger partial charge on any atom is -0.208 e. The summed E-state index contributed by atoms with van der Waals surface area (Å²) in [6.45, 7) is 4.64. The maximum absolute atomic E-state index is 5.15. The van der Waals surface area contributed by atoms with Crippen molar-refractivity contribution >= 4 is 21.5 Å². The van der Waals surface area contributed by atoms with Crippen molar-refractivity contribution in [3.8, 4) is 45.3 Å². The summed E-state index contributed by atoms with van der Waals surface area (Å²) < 4.78 is 0. The SMILES string of the molecule is CC1(C)c2ccccc2-c2cc3cccc(-c4nc(-c5ccccc5)nc(-c5cccc6ccccc56)n4)c3cc21. The van der Waals surface area contributed by atoms with Gasteiger partial charge >= 0.3 is 0 Å². The standard InChI is InChI=1S/C38H27N3/c1-38(2)33-21-9-8-18-28(33)32-22-26-16-11-20-30(31(26)23-34(32)38)37-40-35(25-13-4-3-5-14-25)39-36(41-37)29-19-10-15-24-12-6-7-17-27(24)29/h3-23H,1-2H3. The molecule has 1 heterocycles. The number of aromatic nitrogens is 3. The van der Waals surface area contributed by atoms with E-state index >= 15 is 0 Å². The molecule has 41 heavy (non-hydrogen) atoms. The van der Waals surface area contributed by atoms with E-state index in [0.717, 1.165) is 32.8 Å². The molecule has 1 aromatic heterocycles. The smallest absolute Gasteiger partial charge is 0.164 e. The molecule has 0 saturated carbocycles. The summed E-state index contributed by atoms with van der Waals surface area (Å²) in [6.07, 6.45) is 0. The lowest BCUT2D eigenvalue weighted by atomic mass is 9.81. The van der Waals surface area contributed by atoms with Crippen LogP contribution in [-0.4, -0.2) is 15.0 Å². The molecule has 3 heteroatoms. The second-order valence-corrected chi connectivity index (χ2v) is 11.3. The van der Waals surface area contributed by atoms with Gasteiger partial charge in [0.1, 0.15) is 0 Å². The topological polar surface area (TPSA) is 38.7 Å². The van der Waals surface area contributed by atoms with E-state index in [1.54, 1.807) is 0 Å². The maximum Gasteiger partial charge on any atom is 0.164 e. The number of fused-ring (bicyclic) bond motifs is 5. The molecule has 0 amide bonds. The van der Waals surface area contributed by atoms with Crippen molar-refractivity contribution in [2.24, 2.45) is 0 Å². The summed E-state index contributed by atoms with van der Waals surface area (Å²) in [5.74, 6) is 2.03. The highest BCUT2D eigenvalue weighted by Crippen LogP contribution is 2.50. The Balaban J connectivity index is 1.39. The maximum atomic E-state index is 5.15. The first-order chi connectivity index (χ1) is 20.1. The third-order valence-electron chi connectivity index (χ3n) is 8.52. The average Bonchev–Trinajstić information content (AvgIpc) is 3.25. The van der Waals surface area contributed by atoms with Crippen molar-refractivity contribution in [2.75, 3.05) is 0 Å². The fraction of sp³-hybridized carbons (Fsp3) is 0.0789. The van der Waals surface area contributed by atoms with Gasteiger partial charge in [0.15, 0.2) is 17.5 Å². The minimum absolute atomic E-state index is 0.0877. The highest BCUT2D eigenvalue weighted by molar-refractivity contribution is 6.01. The van der Waals surface area contributed by atoms with Gasteiger partial charge in [-0.3, -0.25) is 0 Å². The van der Waals surface area contributed by atoms with Gasteiger partial charge in [-0.15, -0.1) is 0 Å². The predicted octanol–water partition coefficient (Wildman–Crippen LogP) is 9.49. The van der Waals surface area contributed by atoms with E-state index < -0.39 is 0 Å². The summed E-state index contributed by atoms with van der Waals surface area (Å²) in [4.78, 5) is 15.2. The van der Waals surface area contributed by atoms with Crippen LogP contribution in [0.3, 0.4) is 0 Å². The van der Waals surface area contributed by atoms with Gasteiger partial charge < -0.3 is 0 Å². The van der Waals surface area contributed by atoms with Crippen molar-refractivity contribution in [3.63, 3.8) is 0 Å². The lowest BCUT2D eigenvalue weighted by Gasteiger charge is -2.22. The van der Waals surface area contributed by atoms with Crippen LogP contribution in [0.2, 0.25) is 0 Å². The van der Waals surface area contributed by atoms with Crippen LogP contribution in [0.1, 0.15) is 25.0 Å². The molecule has 0 N–H and O–H groups in total. The molecule has 7 aromatic rings. The highest BCUT2D eigenvalue weighted by atomic mass is 15.0. The van der Waals surface area contributed by atoms with Gasteiger partial charge in [-0.05, 0) is 55.9 Å². The van der Waals surface area contributed by atoms with Gasteiger partial charge in [0.05, 0.1) is 0 Å². The lowest BCUT2D eigenvalue weighted by molar-refractivity contribution is 0.661. The fourth-order valence-corrected chi connectivity index (χ4v) is 6.42. The highest BCUT2D eigenvalue weighted by Gasteiger charge is 2.35. The van der Waals surface area contributed by atoms with Gasteiger partial charge in [0.2, 0.25) is 0 Å². The van der Waals surface area contributed by atoms with Crippen molar-refractivity contribution in [2.45, 2.75) is 19.3 Å². The summed E-state index contributed by atoms with van der Waals surface area (Å²) in [6, 6.07) is 44.8. The number of rotatable bonds is 3. The first kappa shape index (κ1) is 23.7. The van der Waals surface area contributed by atoms with Crippen LogP contribution in [0, 0.1) is 0 Å². The second kappa shape index (κ2) is 8.94. The molecular formula is C38H27N3. The van der Waals surface area contributed by atoms with Gasteiger partial charge in [-0.2, -0.15) is 0 Å². The van der Waals surface area contributed by atoms with Gasteiger partial charge in [-0.1, -0.05) is 129 Å². The van der Waals surface area contributed by atoms with E-state index in [1.807, 2.05) is 18.2 Å². The van der Waals surface area contributed by atoms with Crippen LogP contribution < -0.4 is 0 Å². The summed E-state index contributed by atoms with van der Waals surface area (Å²) in [7, 11) is 0. The van der Waals surface area contributed by atoms with E-state index in [4.69, 9.17) is 15.0 Å². The molecule has 1 aliphatic rings. The Morgan fingerprint density at radius 3 is 1.80 bits per heavy atom. The normalized spacial score (nSPS) is 13.3. The van der Waals surface area contributed by atoms with E-state index in [2.05, 4.69) is 123 Å². The molecule has 3 nitrogen and oxygen atoms in total. The number of hydrogen-bond acceptors (Lipinski definition) is 3. The zero-order chi connectivity index (χ0) is 27.6. The molecule has 6 aromatic carbocycles. The molecule has 8 rings (SSSR count). The van der Waals surface area contributed by atoms with Crippen LogP contribution in [0.4, 0.5) is 0 Å². The van der Waals surface area contributed by atoms with E-state index in [-0.39, 0.29) is 5.41 Å². The Morgan fingerprint density at radius 1 is 0.415 bits per heavy atom. The molecule has 0 radical (unpaired) electrons. The van der Waals surface area contributed by atoms with Gasteiger partial charge in [0, 0.05) is 22.1 Å². The molecular weight excluding hydrogens is 498 g/mol. The molecule has 0 unspecified atom stereocenters. The Morgan fingerprint density at radius 2 is 1.00 bits per heavy atom. The van der Waals surface area contributed by atoms with E-state index in [1.165, 1.54) is 27.6 Å². The quantitative estimate of drug-likeness (QED) is 0.231. The van der Waals surface area contributed by atoms with Gasteiger partial charge in [-0.25, -0.2) is 15.0 Å². The predicted molar refractivity (Wildman–Crippen MR) is 169 cm³/mol. The molecule has 0 saturated heterocycles. The number of nitrogens with zero attached hydrogens (tertiary/aromatic N) is 3. The molecule has 0 bridgehead atoms. The average molecular weight is 526 g/mol. The van der Waals surface area contributed by atoms with Crippen molar-refractivity contribution in [3.05, 3.63) is 139 Å². The number of hydrogen-bond donors (Lipinski definition) is 0. The van der Waals surface area contributed by atoms with Crippen molar-refractivity contribution < 1.29 is 0 Å². The molecule has 0 fully saturated rings. The van der Waals surface area contributed by atoms with Crippen molar-refractivity contribution in [1.82, 2.24) is 15.0 Å². The lowest BCUT2D eigenvalue weighted by Crippen LogP contribution is -2.14. The summed E-state index contributed by atoms with van der Waals surface area (Å²) in [5.41, 5.74) is 8.24. The zero-order valence-corrected chi connectivity index (χ0v) is 23.0. The first-order valence-electron chi connectivity index (χ1n) is 14.0. The van der Waals surface area contributed by atoms with Crippen LogP contribution in [0.5, 0.6) is 0 Å². The fourth-order valence-electron chi connectivity index (χ4n) is 6.42. The monoisotopic (exact) mass is 525 g/mol. The molecule has 194 valence electrons. The molecule has 0 spiro atoms. The Bertz CT molecular complexity index is 2120. The molecule has 0 atom stereocenters. The van der Waals surface area contributed by atoms with Crippen LogP contribution in [-0.2, 0) is 5.41 Å². The third-order valence-corrected chi connectivity index (χ3v) is 8.52. The van der Waals surface area contributed by atoms with Crippen LogP contribution in [0.25, 0.3) is 66.8 Å². The zero-order valence-electron chi connectivity index (χ0n) is 23.0. The summed E-state index contributed by atoms with van der Waals surface area (Å²) in [5, 5.41) is 4.63. The largest absolute Gasteiger partial charge is 0.208 e. The first-order valence-corrected chi connectivity index (χ1v) is 14.0. The van der Waals surface area contributed by atoms with E-state index in [0.29, 0.717) is 17.5 Å². The third kappa shape index (κ3) is 3.70. The Hall–Kier alpha value is -5.15. The van der Waals surface area contributed by atoms with E-state index in [9.17, 15) is 0 Å². The molecule has 0 aliphatic heterocycles. The Labute approximate surface area is 239 Å². The van der Waals surface area contributed by atoms with Crippen molar-refractivity contribution in [1.29, 1.82) is 0 Å². The summed E-state index contributed by atoms with van der Waals surface area (Å²) >= 11 is 0.